The van der Waals surface area contributed by atoms with Crippen LogP contribution >= 0.6 is 0 Å². The monoisotopic (exact) mass is 309 g/mol. The van der Waals surface area contributed by atoms with Crippen LogP contribution in [0, 0.1) is 0 Å². The van der Waals surface area contributed by atoms with Crippen LogP contribution in [0.15, 0.2) is 12.2 Å². The zero-order chi connectivity index (χ0) is 16.0. The molecule has 1 aliphatic heterocycles. The smallest absolute Gasteiger partial charge is 0.416 e. The number of cyclic esters (lactones) is 1. The molecule has 0 aromatic rings. The number of ether oxygens (including phenoxy) is 1. The van der Waals surface area contributed by atoms with Crippen LogP contribution < -0.4 is 0 Å². The number of unbranched alkanes of at least 4 members (excludes halogenated alkanes) is 7. The molecule has 1 saturated heterocycles. The maximum Gasteiger partial charge on any atom is 0.416 e. The Morgan fingerprint density at radius 1 is 1.09 bits per heavy atom. The van der Waals surface area contributed by atoms with Gasteiger partial charge in [-0.3, -0.25) is 4.79 Å². The van der Waals surface area contributed by atoms with E-state index in [1.807, 2.05) is 0 Å². The van der Waals surface area contributed by atoms with E-state index in [1.165, 1.54) is 49.8 Å². The van der Waals surface area contributed by atoms with Gasteiger partial charge in [0.15, 0.2) is 0 Å². The maximum atomic E-state index is 11.9. The lowest BCUT2D eigenvalue weighted by molar-refractivity contribution is -0.130. The van der Waals surface area contributed by atoms with E-state index in [0.29, 0.717) is 19.6 Å². The Morgan fingerprint density at radius 2 is 1.77 bits per heavy atom. The molecule has 4 heteroatoms. The Balaban J connectivity index is 1.93. The van der Waals surface area contributed by atoms with Gasteiger partial charge in [0.25, 0.3) is 0 Å². The normalized spacial score (nSPS) is 15.3. The van der Waals surface area contributed by atoms with E-state index < -0.39 is 6.09 Å². The first-order chi connectivity index (χ1) is 10.8. The van der Waals surface area contributed by atoms with Crippen molar-refractivity contribution in [1.82, 2.24) is 4.90 Å². The molecule has 126 valence electrons. The molecule has 0 aromatic carbocycles. The van der Waals surface area contributed by atoms with E-state index in [4.69, 9.17) is 4.74 Å². The molecule has 1 aliphatic rings. The predicted molar refractivity (Wildman–Crippen MR) is 88.7 cm³/mol. The van der Waals surface area contributed by atoms with Crippen LogP contribution in [-0.4, -0.2) is 30.1 Å². The summed E-state index contributed by atoms with van der Waals surface area (Å²) in [5.41, 5.74) is 0. The molecule has 0 spiro atoms. The summed E-state index contributed by atoms with van der Waals surface area (Å²) in [5.74, 6) is -0.0800. The van der Waals surface area contributed by atoms with E-state index >= 15 is 0 Å². The number of hydrogen-bond donors (Lipinski definition) is 0. The molecule has 4 nitrogen and oxygen atoms in total. The second-order valence-corrected chi connectivity index (χ2v) is 5.93. The van der Waals surface area contributed by atoms with Gasteiger partial charge in [0.2, 0.25) is 5.91 Å². The zero-order valence-electron chi connectivity index (χ0n) is 14.0. The molecule has 0 bridgehead atoms. The highest BCUT2D eigenvalue weighted by molar-refractivity contribution is 5.92. The first-order valence-electron chi connectivity index (χ1n) is 8.87. The van der Waals surface area contributed by atoms with E-state index in [-0.39, 0.29) is 5.91 Å². The zero-order valence-corrected chi connectivity index (χ0v) is 14.0. The standard InChI is InChI=1S/C18H31NO3/c1-2-3-4-5-6-7-8-9-10-11-12-14-17(20)19-15-13-16-22-18(19)21/h5-6H,2-4,7-16H2,1H3. The van der Waals surface area contributed by atoms with Crippen molar-refractivity contribution in [2.75, 3.05) is 13.2 Å². The van der Waals surface area contributed by atoms with Crippen molar-refractivity contribution in [3.8, 4) is 0 Å². The summed E-state index contributed by atoms with van der Waals surface area (Å²) >= 11 is 0. The van der Waals surface area contributed by atoms with Gasteiger partial charge in [-0.05, 0) is 32.1 Å². The highest BCUT2D eigenvalue weighted by atomic mass is 16.6. The minimum atomic E-state index is -0.467. The third-order valence-corrected chi connectivity index (χ3v) is 3.93. The molecule has 2 amide bonds. The predicted octanol–water partition coefficient (Wildman–Crippen LogP) is 4.83. The summed E-state index contributed by atoms with van der Waals surface area (Å²) in [7, 11) is 0. The van der Waals surface area contributed by atoms with Gasteiger partial charge in [-0.1, -0.05) is 51.2 Å². The van der Waals surface area contributed by atoms with Gasteiger partial charge in [-0.2, -0.15) is 0 Å². The van der Waals surface area contributed by atoms with Crippen LogP contribution in [-0.2, 0) is 9.53 Å². The fourth-order valence-electron chi connectivity index (χ4n) is 2.54. The van der Waals surface area contributed by atoms with Gasteiger partial charge in [0, 0.05) is 13.0 Å². The van der Waals surface area contributed by atoms with E-state index in [0.717, 1.165) is 19.3 Å². The quantitative estimate of drug-likeness (QED) is 0.405. The number of allylic oxidation sites excluding steroid dienone is 2. The Hall–Kier alpha value is -1.32. The first kappa shape index (κ1) is 18.7. The summed E-state index contributed by atoms with van der Waals surface area (Å²) in [6.07, 6.45) is 15.8. The largest absolute Gasteiger partial charge is 0.449 e. The van der Waals surface area contributed by atoms with Crippen molar-refractivity contribution >= 4 is 12.0 Å². The molecule has 0 N–H and O–H groups in total. The van der Waals surface area contributed by atoms with Crippen LogP contribution in [0.5, 0.6) is 0 Å². The summed E-state index contributed by atoms with van der Waals surface area (Å²) in [6.45, 7) is 3.17. The Bertz CT molecular complexity index is 352. The number of hydrogen-bond acceptors (Lipinski definition) is 3. The average molecular weight is 309 g/mol. The molecule has 0 saturated carbocycles. The Morgan fingerprint density at radius 3 is 2.50 bits per heavy atom. The lowest BCUT2D eigenvalue weighted by atomic mass is 10.1. The minimum absolute atomic E-state index is 0.0800. The van der Waals surface area contributed by atoms with Crippen molar-refractivity contribution in [2.24, 2.45) is 0 Å². The maximum absolute atomic E-state index is 11.9. The SMILES string of the molecule is CCCCC=CCCCCCCCC(=O)N1CCCOC1=O. The molecular formula is C18H31NO3. The first-order valence-corrected chi connectivity index (χ1v) is 8.87. The van der Waals surface area contributed by atoms with Crippen LogP contribution in [0.3, 0.4) is 0 Å². The second kappa shape index (κ2) is 12.2. The molecule has 0 unspecified atom stereocenters. The summed E-state index contributed by atoms with van der Waals surface area (Å²) in [4.78, 5) is 24.6. The number of carbonyl (C=O) groups excluding carboxylic acids is 2. The lowest BCUT2D eigenvalue weighted by Crippen LogP contribution is -2.41. The van der Waals surface area contributed by atoms with Crippen molar-refractivity contribution in [3.05, 3.63) is 12.2 Å². The third-order valence-electron chi connectivity index (χ3n) is 3.93. The number of carbonyl (C=O) groups is 2. The van der Waals surface area contributed by atoms with Crippen LogP contribution in [0.4, 0.5) is 4.79 Å². The fourth-order valence-corrected chi connectivity index (χ4v) is 2.54. The van der Waals surface area contributed by atoms with Gasteiger partial charge in [0.05, 0.1) is 6.61 Å². The highest BCUT2D eigenvalue weighted by Gasteiger charge is 2.25. The molecule has 1 heterocycles. The number of imide groups is 1. The highest BCUT2D eigenvalue weighted by Crippen LogP contribution is 2.12. The molecular weight excluding hydrogens is 278 g/mol. The van der Waals surface area contributed by atoms with Crippen molar-refractivity contribution in [1.29, 1.82) is 0 Å². The van der Waals surface area contributed by atoms with Crippen molar-refractivity contribution in [2.45, 2.75) is 77.6 Å². The number of nitrogens with zero attached hydrogens (tertiary/aromatic N) is 1. The van der Waals surface area contributed by atoms with Gasteiger partial charge < -0.3 is 4.74 Å². The molecule has 1 fully saturated rings. The molecule has 0 atom stereocenters. The van der Waals surface area contributed by atoms with Crippen LogP contribution in [0.25, 0.3) is 0 Å². The molecule has 1 rings (SSSR count). The fraction of sp³-hybridized carbons (Fsp3) is 0.778. The summed E-state index contributed by atoms with van der Waals surface area (Å²) in [5, 5.41) is 0. The van der Waals surface area contributed by atoms with E-state index in [9.17, 15) is 9.59 Å². The van der Waals surface area contributed by atoms with Gasteiger partial charge >= 0.3 is 6.09 Å². The molecule has 0 aliphatic carbocycles. The Kier molecular flexibility index (Phi) is 10.4. The van der Waals surface area contributed by atoms with E-state index in [1.54, 1.807) is 0 Å². The van der Waals surface area contributed by atoms with Gasteiger partial charge in [-0.25, -0.2) is 9.69 Å². The van der Waals surface area contributed by atoms with Gasteiger partial charge in [-0.15, -0.1) is 0 Å². The lowest BCUT2D eigenvalue weighted by Gasteiger charge is -2.24. The van der Waals surface area contributed by atoms with E-state index in [2.05, 4.69) is 19.1 Å². The minimum Gasteiger partial charge on any atom is -0.449 e. The third kappa shape index (κ3) is 8.20. The number of rotatable bonds is 11. The molecule has 22 heavy (non-hydrogen) atoms. The number of amides is 2. The topological polar surface area (TPSA) is 46.6 Å². The molecule has 0 radical (unpaired) electrons. The van der Waals surface area contributed by atoms with Crippen molar-refractivity contribution in [3.63, 3.8) is 0 Å². The summed E-state index contributed by atoms with van der Waals surface area (Å²) < 4.78 is 4.88. The Labute approximate surface area is 134 Å². The van der Waals surface area contributed by atoms with Crippen LogP contribution in [0.1, 0.15) is 77.6 Å². The van der Waals surface area contributed by atoms with Gasteiger partial charge in [0.1, 0.15) is 0 Å². The average Bonchev–Trinajstić information content (AvgIpc) is 2.53. The molecule has 0 aromatic heterocycles. The van der Waals surface area contributed by atoms with Crippen molar-refractivity contribution < 1.29 is 14.3 Å². The van der Waals surface area contributed by atoms with Crippen LogP contribution in [0.2, 0.25) is 0 Å². The second-order valence-electron chi connectivity index (χ2n) is 5.93. The summed E-state index contributed by atoms with van der Waals surface area (Å²) in [6, 6.07) is 0.